The van der Waals surface area contributed by atoms with Crippen LogP contribution >= 0.6 is 0 Å². The second-order valence-corrected chi connectivity index (χ2v) is 12.3. The summed E-state index contributed by atoms with van der Waals surface area (Å²) in [5.74, 6) is 2.22. The summed E-state index contributed by atoms with van der Waals surface area (Å²) in [4.78, 5) is 11.9. The summed E-state index contributed by atoms with van der Waals surface area (Å²) in [6.45, 7) is 3.51. The van der Waals surface area contributed by atoms with Gasteiger partial charge in [-0.3, -0.25) is 0 Å². The average Bonchev–Trinajstić information content (AvgIpc) is 3.39. The fraction of sp³-hybridized carbons (Fsp3) is 0.379. The molecule has 200 valence electrons. The Kier molecular flexibility index (Phi) is 7.67. The van der Waals surface area contributed by atoms with Gasteiger partial charge in [0.15, 0.2) is 0 Å². The highest BCUT2D eigenvalue weighted by Gasteiger charge is 2.22. The molecule has 1 aliphatic rings. The summed E-state index contributed by atoms with van der Waals surface area (Å²) in [6.07, 6.45) is 7.73. The molecule has 1 aliphatic carbocycles. The highest BCUT2D eigenvalue weighted by atomic mass is 32.2. The Morgan fingerprint density at radius 1 is 0.974 bits per heavy atom. The largest absolute Gasteiger partial charge is 0.362 e. The summed E-state index contributed by atoms with van der Waals surface area (Å²) in [6, 6.07) is 17.3. The molecule has 4 aromatic rings. The molecule has 0 aliphatic heterocycles. The van der Waals surface area contributed by atoms with Crippen LogP contribution in [0.5, 0.6) is 0 Å². The van der Waals surface area contributed by atoms with Gasteiger partial charge in [-0.25, -0.2) is 17.4 Å². The molecular formula is C29H36N6O2S. The van der Waals surface area contributed by atoms with Crippen LogP contribution in [0.4, 0.5) is 11.8 Å². The molecule has 0 bridgehead atoms. The van der Waals surface area contributed by atoms with Crippen molar-refractivity contribution in [2.45, 2.75) is 50.1 Å². The van der Waals surface area contributed by atoms with E-state index in [1.165, 1.54) is 3.97 Å². The predicted octanol–water partition coefficient (Wildman–Crippen LogP) is 4.80. The molecule has 8 nitrogen and oxygen atoms in total. The van der Waals surface area contributed by atoms with E-state index in [2.05, 4.69) is 16.7 Å². The summed E-state index contributed by atoms with van der Waals surface area (Å²) in [7, 11) is 0.454. The number of hydrogen-bond donors (Lipinski definition) is 2. The van der Waals surface area contributed by atoms with Crippen LogP contribution in [0.2, 0.25) is 0 Å². The first-order valence-electron chi connectivity index (χ1n) is 13.2. The summed E-state index contributed by atoms with van der Waals surface area (Å²) in [5, 5.41) is 8.16. The van der Waals surface area contributed by atoms with Crippen molar-refractivity contribution >= 4 is 32.7 Å². The number of para-hydroxylation sites is 1. The summed E-state index contributed by atoms with van der Waals surface area (Å²) >= 11 is 0. The fourth-order valence-corrected chi connectivity index (χ4v) is 6.30. The van der Waals surface area contributed by atoms with Crippen LogP contribution < -0.4 is 15.5 Å². The Balaban J connectivity index is 1.11. The second kappa shape index (κ2) is 11.1. The zero-order valence-corrected chi connectivity index (χ0v) is 23.1. The molecule has 0 unspecified atom stereocenters. The van der Waals surface area contributed by atoms with Crippen molar-refractivity contribution in [3.63, 3.8) is 0 Å². The Morgan fingerprint density at radius 3 is 2.45 bits per heavy atom. The monoisotopic (exact) mass is 532 g/mol. The number of hydrogen-bond acceptors (Lipinski definition) is 7. The van der Waals surface area contributed by atoms with E-state index in [1.54, 1.807) is 24.5 Å². The Hall–Kier alpha value is -3.43. The molecule has 0 saturated heterocycles. The van der Waals surface area contributed by atoms with E-state index in [1.807, 2.05) is 62.3 Å². The maximum absolute atomic E-state index is 12.9. The number of anilines is 2. The van der Waals surface area contributed by atoms with E-state index >= 15 is 0 Å². The Morgan fingerprint density at radius 2 is 1.71 bits per heavy atom. The van der Waals surface area contributed by atoms with Gasteiger partial charge in [0.05, 0.1) is 10.4 Å². The van der Waals surface area contributed by atoms with E-state index in [0.29, 0.717) is 29.3 Å². The van der Waals surface area contributed by atoms with Crippen molar-refractivity contribution in [1.29, 1.82) is 0 Å². The third-order valence-electron chi connectivity index (χ3n) is 7.27. The normalized spacial score (nSPS) is 18.0. The number of fused-ring (bicyclic) bond motifs is 1. The van der Waals surface area contributed by atoms with Crippen molar-refractivity contribution in [1.82, 2.24) is 19.3 Å². The van der Waals surface area contributed by atoms with E-state index < -0.39 is 10.0 Å². The quantitative estimate of drug-likeness (QED) is 0.320. The first-order chi connectivity index (χ1) is 18.3. The van der Waals surface area contributed by atoms with Gasteiger partial charge in [0.2, 0.25) is 5.95 Å². The third-order valence-corrected chi connectivity index (χ3v) is 8.92. The molecule has 0 spiro atoms. The highest BCUT2D eigenvalue weighted by molar-refractivity contribution is 7.90. The van der Waals surface area contributed by atoms with Gasteiger partial charge in [-0.15, -0.1) is 0 Å². The zero-order valence-electron chi connectivity index (χ0n) is 22.3. The van der Waals surface area contributed by atoms with Crippen LogP contribution in [0.25, 0.3) is 10.9 Å². The number of aryl methyl sites for hydroxylation is 1. The number of rotatable bonds is 9. The minimum absolute atomic E-state index is 0.301. The number of nitrogens with zero attached hydrogens (tertiary/aromatic N) is 4. The molecular weight excluding hydrogens is 496 g/mol. The molecule has 38 heavy (non-hydrogen) atoms. The van der Waals surface area contributed by atoms with Crippen LogP contribution in [0.15, 0.2) is 71.9 Å². The number of nitrogens with one attached hydrogen (secondary N) is 2. The molecule has 1 fully saturated rings. The lowest BCUT2D eigenvalue weighted by Crippen LogP contribution is -2.31. The van der Waals surface area contributed by atoms with Gasteiger partial charge in [-0.1, -0.05) is 29.8 Å². The van der Waals surface area contributed by atoms with Crippen molar-refractivity contribution in [2.24, 2.45) is 5.92 Å². The standard InChI is InChI=1S/C29H36N6O2S/c1-21-8-14-25(15-9-21)38(36,37)35-17-16-23(20-35)19-30-18-22-10-12-24(13-11-22)31-29-32-27-7-5-4-6-26(27)28(33-29)34(2)3/h4-9,14-17,20,22,24,30H,10-13,18-19H2,1-3H3,(H,31,32,33). The van der Waals surface area contributed by atoms with Crippen LogP contribution in [-0.2, 0) is 16.6 Å². The highest BCUT2D eigenvalue weighted by Crippen LogP contribution is 2.28. The second-order valence-electron chi connectivity index (χ2n) is 10.4. The first-order valence-corrected chi connectivity index (χ1v) is 14.6. The fourth-order valence-electron chi connectivity index (χ4n) is 5.08. The zero-order chi connectivity index (χ0) is 26.7. The van der Waals surface area contributed by atoms with Gasteiger partial charge in [0.1, 0.15) is 5.82 Å². The van der Waals surface area contributed by atoms with Crippen LogP contribution in [0.1, 0.15) is 36.8 Å². The Labute approximate surface area is 225 Å². The molecule has 1 saturated carbocycles. The third kappa shape index (κ3) is 5.84. The summed E-state index contributed by atoms with van der Waals surface area (Å²) in [5.41, 5.74) is 2.94. The van der Waals surface area contributed by atoms with Gasteiger partial charge in [0, 0.05) is 44.5 Å². The van der Waals surface area contributed by atoms with Crippen molar-refractivity contribution in [3.8, 4) is 0 Å². The minimum Gasteiger partial charge on any atom is -0.362 e. The molecule has 0 radical (unpaired) electrons. The number of benzene rings is 2. The van der Waals surface area contributed by atoms with Crippen molar-refractivity contribution in [2.75, 3.05) is 30.9 Å². The van der Waals surface area contributed by atoms with Gasteiger partial charge in [0.25, 0.3) is 10.0 Å². The summed E-state index contributed by atoms with van der Waals surface area (Å²) < 4.78 is 27.1. The molecule has 2 N–H and O–H groups in total. The van der Waals surface area contributed by atoms with Crippen molar-refractivity contribution < 1.29 is 8.42 Å². The minimum atomic E-state index is -3.56. The molecule has 0 amide bonds. The van der Waals surface area contributed by atoms with E-state index in [4.69, 9.17) is 9.97 Å². The van der Waals surface area contributed by atoms with Crippen LogP contribution in [-0.4, -0.2) is 49.0 Å². The smallest absolute Gasteiger partial charge is 0.267 e. The Bertz CT molecular complexity index is 1490. The lowest BCUT2D eigenvalue weighted by Gasteiger charge is -2.29. The van der Waals surface area contributed by atoms with Gasteiger partial charge in [-0.2, -0.15) is 4.98 Å². The molecule has 9 heteroatoms. The van der Waals surface area contributed by atoms with Crippen molar-refractivity contribution in [3.05, 3.63) is 78.1 Å². The van der Waals surface area contributed by atoms with Gasteiger partial charge in [-0.05, 0) is 81.0 Å². The lowest BCUT2D eigenvalue weighted by atomic mass is 9.86. The predicted molar refractivity (Wildman–Crippen MR) is 153 cm³/mol. The lowest BCUT2D eigenvalue weighted by molar-refractivity contribution is 0.324. The van der Waals surface area contributed by atoms with Crippen LogP contribution in [0.3, 0.4) is 0 Å². The average molecular weight is 533 g/mol. The maximum Gasteiger partial charge on any atom is 0.267 e. The molecule has 2 aromatic heterocycles. The molecule has 2 aromatic carbocycles. The topological polar surface area (TPSA) is 92.2 Å². The van der Waals surface area contributed by atoms with Crippen LogP contribution in [0, 0.1) is 12.8 Å². The van der Waals surface area contributed by atoms with E-state index in [0.717, 1.165) is 60.1 Å². The first kappa shape index (κ1) is 26.2. The molecule has 2 heterocycles. The maximum atomic E-state index is 12.9. The number of aromatic nitrogens is 3. The SMILES string of the molecule is Cc1ccc(S(=O)(=O)n2ccc(CNCC3CCC(Nc4nc(N(C)C)c5ccccc5n4)CC3)c2)cc1. The van der Waals surface area contributed by atoms with Gasteiger partial charge >= 0.3 is 0 Å². The van der Waals surface area contributed by atoms with Gasteiger partial charge < -0.3 is 15.5 Å². The molecule has 0 atom stereocenters. The molecule has 5 rings (SSSR count). The van der Waals surface area contributed by atoms with E-state index in [9.17, 15) is 8.42 Å². The van der Waals surface area contributed by atoms with E-state index in [-0.39, 0.29) is 0 Å².